The van der Waals surface area contributed by atoms with E-state index in [0.29, 0.717) is 11.6 Å². The highest BCUT2D eigenvalue weighted by atomic mass is 16.2. The number of fused-ring (bicyclic) bond motifs is 1. The molecule has 3 aromatic heterocycles. The van der Waals surface area contributed by atoms with E-state index in [4.69, 9.17) is 0 Å². The third kappa shape index (κ3) is 2.54. The first-order valence-corrected chi connectivity index (χ1v) is 8.15. The molecule has 122 valence electrons. The molecule has 4 rings (SSSR count). The fourth-order valence-electron chi connectivity index (χ4n) is 2.90. The fraction of sp³-hybridized carbons (Fsp3) is 0.333. The molecule has 1 amide bonds. The highest BCUT2D eigenvalue weighted by Crippen LogP contribution is 2.36. The number of carbonyl (C=O) groups is 1. The van der Waals surface area contributed by atoms with Gasteiger partial charge >= 0.3 is 0 Å². The molecule has 0 radical (unpaired) electrons. The van der Waals surface area contributed by atoms with Gasteiger partial charge in [-0.25, -0.2) is 9.97 Å². The molecule has 0 bridgehead atoms. The minimum atomic E-state index is -0.0605. The zero-order valence-electron chi connectivity index (χ0n) is 13.8. The van der Waals surface area contributed by atoms with Gasteiger partial charge in [0.25, 0.3) is 5.91 Å². The standard InChI is InChI=1S/C18H19N5O/c1-12(13-5-7-19-8-6-13)22(2)18(24)14-9-16-17(20-10-14)23(11-21-16)15-3-4-15/h5-12,15H,3-4H2,1-2H3. The molecule has 1 fully saturated rings. The summed E-state index contributed by atoms with van der Waals surface area (Å²) >= 11 is 0. The average molecular weight is 321 g/mol. The average Bonchev–Trinajstić information content (AvgIpc) is 3.39. The quantitative estimate of drug-likeness (QED) is 0.741. The van der Waals surface area contributed by atoms with Crippen molar-refractivity contribution in [2.75, 3.05) is 7.05 Å². The first-order chi connectivity index (χ1) is 11.6. The number of aromatic nitrogens is 4. The van der Waals surface area contributed by atoms with Crippen LogP contribution in [0.3, 0.4) is 0 Å². The van der Waals surface area contributed by atoms with Gasteiger partial charge in [-0.2, -0.15) is 0 Å². The Balaban J connectivity index is 1.60. The molecule has 6 heteroatoms. The van der Waals surface area contributed by atoms with Gasteiger partial charge < -0.3 is 9.47 Å². The molecule has 0 spiro atoms. The van der Waals surface area contributed by atoms with Crippen molar-refractivity contribution >= 4 is 17.1 Å². The Morgan fingerprint density at radius 1 is 1.29 bits per heavy atom. The van der Waals surface area contributed by atoms with Gasteiger partial charge in [-0.1, -0.05) is 0 Å². The molecule has 0 aliphatic heterocycles. The summed E-state index contributed by atoms with van der Waals surface area (Å²) in [4.78, 5) is 27.4. The van der Waals surface area contributed by atoms with E-state index in [2.05, 4.69) is 19.5 Å². The highest BCUT2D eigenvalue weighted by Gasteiger charge is 2.26. The van der Waals surface area contributed by atoms with Crippen LogP contribution in [-0.2, 0) is 0 Å². The summed E-state index contributed by atoms with van der Waals surface area (Å²) < 4.78 is 2.10. The van der Waals surface area contributed by atoms with Crippen LogP contribution in [0.1, 0.15) is 47.8 Å². The summed E-state index contributed by atoms with van der Waals surface area (Å²) in [5, 5.41) is 0. The van der Waals surface area contributed by atoms with E-state index in [-0.39, 0.29) is 11.9 Å². The smallest absolute Gasteiger partial charge is 0.255 e. The van der Waals surface area contributed by atoms with Crippen LogP contribution in [-0.4, -0.2) is 37.4 Å². The van der Waals surface area contributed by atoms with E-state index in [1.807, 2.05) is 31.5 Å². The number of amides is 1. The molecule has 1 saturated carbocycles. The molecule has 3 heterocycles. The van der Waals surface area contributed by atoms with Crippen molar-refractivity contribution < 1.29 is 4.79 Å². The van der Waals surface area contributed by atoms with E-state index in [0.717, 1.165) is 16.7 Å². The number of pyridine rings is 2. The molecule has 0 N–H and O–H groups in total. The summed E-state index contributed by atoms with van der Waals surface area (Å²) in [6.07, 6.45) is 9.32. The second-order valence-corrected chi connectivity index (χ2v) is 6.32. The number of rotatable bonds is 4. The lowest BCUT2D eigenvalue weighted by Crippen LogP contribution is -2.29. The summed E-state index contributed by atoms with van der Waals surface area (Å²) in [5.74, 6) is -0.0605. The predicted octanol–water partition coefficient (Wildman–Crippen LogP) is 2.99. The topological polar surface area (TPSA) is 63.9 Å². The van der Waals surface area contributed by atoms with Gasteiger partial charge in [-0.3, -0.25) is 9.78 Å². The number of hydrogen-bond acceptors (Lipinski definition) is 4. The third-order valence-electron chi connectivity index (χ3n) is 4.69. The largest absolute Gasteiger partial charge is 0.335 e. The normalized spacial score (nSPS) is 15.4. The van der Waals surface area contributed by atoms with Gasteiger partial charge in [0.05, 0.1) is 17.9 Å². The van der Waals surface area contributed by atoms with Gasteiger partial charge in [-0.15, -0.1) is 0 Å². The molecule has 1 aliphatic rings. The molecule has 1 atom stereocenters. The number of hydrogen-bond donors (Lipinski definition) is 0. The Bertz CT molecular complexity index is 885. The lowest BCUT2D eigenvalue weighted by Gasteiger charge is -2.25. The van der Waals surface area contributed by atoms with E-state index in [9.17, 15) is 4.79 Å². The van der Waals surface area contributed by atoms with E-state index in [1.54, 1.807) is 30.5 Å². The Hall–Kier alpha value is -2.76. The molecule has 24 heavy (non-hydrogen) atoms. The van der Waals surface area contributed by atoms with Crippen molar-refractivity contribution in [3.05, 3.63) is 54.2 Å². The van der Waals surface area contributed by atoms with Crippen LogP contribution in [0.5, 0.6) is 0 Å². The first kappa shape index (κ1) is 14.8. The molecule has 6 nitrogen and oxygen atoms in total. The lowest BCUT2D eigenvalue weighted by molar-refractivity contribution is 0.0742. The second-order valence-electron chi connectivity index (χ2n) is 6.32. The predicted molar refractivity (Wildman–Crippen MR) is 90.5 cm³/mol. The van der Waals surface area contributed by atoms with Crippen LogP contribution in [0.15, 0.2) is 43.1 Å². The lowest BCUT2D eigenvalue weighted by atomic mass is 10.1. The summed E-state index contributed by atoms with van der Waals surface area (Å²) in [6.45, 7) is 2.00. The van der Waals surface area contributed by atoms with Crippen LogP contribution in [0, 0.1) is 0 Å². The monoisotopic (exact) mass is 321 g/mol. The van der Waals surface area contributed by atoms with Crippen LogP contribution in [0.25, 0.3) is 11.2 Å². The third-order valence-corrected chi connectivity index (χ3v) is 4.69. The van der Waals surface area contributed by atoms with Gasteiger partial charge in [0.2, 0.25) is 0 Å². The first-order valence-electron chi connectivity index (χ1n) is 8.15. The SMILES string of the molecule is CC(c1ccncc1)N(C)C(=O)c1cnc2c(c1)ncn2C1CC1. The van der Waals surface area contributed by atoms with Crippen molar-refractivity contribution in [2.45, 2.75) is 31.8 Å². The Kier molecular flexibility index (Phi) is 3.52. The molecule has 0 aromatic carbocycles. The van der Waals surface area contributed by atoms with Crippen molar-refractivity contribution in [2.24, 2.45) is 0 Å². The molecule has 1 aliphatic carbocycles. The number of imidazole rings is 1. The maximum absolute atomic E-state index is 12.8. The fourth-order valence-corrected chi connectivity index (χ4v) is 2.90. The Morgan fingerprint density at radius 3 is 2.75 bits per heavy atom. The minimum absolute atomic E-state index is 0.0415. The van der Waals surface area contributed by atoms with Gasteiger partial charge in [-0.05, 0) is 43.5 Å². The zero-order valence-corrected chi connectivity index (χ0v) is 13.8. The van der Waals surface area contributed by atoms with Crippen molar-refractivity contribution in [1.29, 1.82) is 0 Å². The van der Waals surface area contributed by atoms with Crippen LogP contribution >= 0.6 is 0 Å². The van der Waals surface area contributed by atoms with Crippen LogP contribution in [0.2, 0.25) is 0 Å². The zero-order chi connectivity index (χ0) is 16.7. The van der Waals surface area contributed by atoms with Crippen molar-refractivity contribution in [1.82, 2.24) is 24.4 Å². The Labute approximate surface area is 140 Å². The van der Waals surface area contributed by atoms with Crippen molar-refractivity contribution in [3.8, 4) is 0 Å². The summed E-state index contributed by atoms with van der Waals surface area (Å²) in [6, 6.07) is 6.17. The number of carbonyl (C=O) groups excluding carboxylic acids is 1. The number of nitrogens with zero attached hydrogens (tertiary/aromatic N) is 5. The summed E-state index contributed by atoms with van der Waals surface area (Å²) in [5.41, 5.74) is 3.25. The molecule has 0 saturated heterocycles. The molecule has 1 unspecified atom stereocenters. The van der Waals surface area contributed by atoms with Gasteiger partial charge in [0, 0.05) is 31.7 Å². The highest BCUT2D eigenvalue weighted by molar-refractivity contribution is 5.96. The van der Waals surface area contributed by atoms with E-state index in [1.165, 1.54) is 12.8 Å². The van der Waals surface area contributed by atoms with Crippen LogP contribution in [0.4, 0.5) is 0 Å². The second kappa shape index (κ2) is 5.70. The van der Waals surface area contributed by atoms with Crippen LogP contribution < -0.4 is 0 Å². The van der Waals surface area contributed by atoms with E-state index >= 15 is 0 Å². The minimum Gasteiger partial charge on any atom is -0.335 e. The molecule has 3 aromatic rings. The van der Waals surface area contributed by atoms with Crippen molar-refractivity contribution in [3.63, 3.8) is 0 Å². The summed E-state index contributed by atoms with van der Waals surface area (Å²) in [7, 11) is 1.81. The maximum Gasteiger partial charge on any atom is 0.255 e. The van der Waals surface area contributed by atoms with Gasteiger partial charge in [0.1, 0.15) is 5.52 Å². The molecular weight excluding hydrogens is 302 g/mol. The van der Waals surface area contributed by atoms with Gasteiger partial charge in [0.15, 0.2) is 5.65 Å². The molecular formula is C18H19N5O. The maximum atomic E-state index is 12.8. The van der Waals surface area contributed by atoms with E-state index < -0.39 is 0 Å². The Morgan fingerprint density at radius 2 is 2.04 bits per heavy atom.